The number of nitrogens with one attached hydrogen (secondary N) is 1. The molecule has 0 aliphatic heterocycles. The van der Waals surface area contributed by atoms with Gasteiger partial charge in [0, 0.05) is 76.9 Å². The van der Waals surface area contributed by atoms with Crippen LogP contribution in [0.5, 0.6) is 0 Å². The zero-order valence-electron chi connectivity index (χ0n) is 70.9. The van der Waals surface area contributed by atoms with Crippen molar-refractivity contribution in [1.29, 1.82) is 0 Å². The number of para-hydroxylation sites is 6. The Balaban J connectivity index is 0.000000127. The summed E-state index contributed by atoms with van der Waals surface area (Å²) in [6.45, 7) is 1.79. The van der Waals surface area contributed by atoms with Crippen LogP contribution < -0.4 is 0 Å². The van der Waals surface area contributed by atoms with E-state index in [-0.39, 0.29) is 62.5 Å². The zero-order chi connectivity index (χ0) is 97.0. The van der Waals surface area contributed by atoms with Gasteiger partial charge in [0.2, 0.25) is 23.7 Å². The molecule has 0 atom stereocenters. The number of benzene rings is 6. The molecule has 138 heavy (non-hydrogen) atoms. The molecule has 0 radical (unpaired) electrons. The Morgan fingerprint density at radius 1 is 0.326 bits per heavy atom. The van der Waals surface area contributed by atoms with Crippen LogP contribution in [0.25, 0.3) is 157 Å². The molecule has 0 saturated heterocycles. The maximum atomic E-state index is 13.2. The molecule has 22 rings (SSSR count). The predicted molar refractivity (Wildman–Crippen MR) is 515 cm³/mol. The van der Waals surface area contributed by atoms with Crippen LogP contribution in [0, 0.1) is 24.8 Å². The fourth-order valence-corrected chi connectivity index (χ4v) is 15.2. The minimum atomic E-state index is -4.52. The van der Waals surface area contributed by atoms with Crippen molar-refractivity contribution in [3.8, 4) is 80.4 Å². The minimum Gasteiger partial charge on any atom is -0.442 e. The van der Waals surface area contributed by atoms with Gasteiger partial charge in [0.1, 0.15) is 44.0 Å². The van der Waals surface area contributed by atoms with E-state index in [9.17, 15) is 52.7 Å². The van der Waals surface area contributed by atoms with Crippen molar-refractivity contribution >= 4 is 157 Å². The van der Waals surface area contributed by atoms with Gasteiger partial charge in [-0.15, -0.1) is 11.3 Å². The topological polar surface area (TPSA) is 250 Å². The Morgan fingerprint density at radius 2 is 0.783 bits per heavy atom. The van der Waals surface area contributed by atoms with Gasteiger partial charge in [0.05, 0.1) is 107 Å². The van der Waals surface area contributed by atoms with Gasteiger partial charge in [-0.1, -0.05) is 204 Å². The molecule has 16 aromatic heterocycles. The molecular weight excluding hydrogens is 1950 g/mol. The van der Waals surface area contributed by atoms with E-state index in [1.807, 2.05) is 83.7 Å². The largest absolute Gasteiger partial charge is 0.442 e. The normalized spacial score (nSPS) is 11.2. The number of aromatic amines is 1. The molecule has 0 fully saturated rings. The quantitative estimate of drug-likeness (QED) is 0.0674. The summed E-state index contributed by atoms with van der Waals surface area (Å²) in [6, 6.07) is 72.0. The number of hydrogen-bond acceptors (Lipinski definition) is 18. The van der Waals surface area contributed by atoms with E-state index in [2.05, 4.69) is 104 Å². The molecule has 21 nitrogen and oxygen atoms in total. The summed E-state index contributed by atoms with van der Waals surface area (Å²) in [5.74, 6) is 0.535. The van der Waals surface area contributed by atoms with Gasteiger partial charge >= 0.3 is 18.5 Å². The lowest BCUT2D eigenvalue weighted by molar-refractivity contribution is -0.137. The molecule has 6 aromatic carbocycles. The Labute approximate surface area is 809 Å². The second-order valence-corrected chi connectivity index (χ2v) is 32.6. The molecule has 0 spiro atoms. The number of alkyl halides is 9. The summed E-state index contributed by atoms with van der Waals surface area (Å²) in [7, 11) is 5.14. The number of H-pyrrole nitrogens is 1. The minimum absolute atomic E-state index is 0. The molecule has 0 saturated carbocycles. The van der Waals surface area contributed by atoms with Crippen molar-refractivity contribution in [2.75, 3.05) is 0 Å². The molecule has 16 heterocycles. The Bertz CT molecular complexity index is 7670. The first kappa shape index (κ1) is 99.2. The van der Waals surface area contributed by atoms with Gasteiger partial charge < -0.3 is 23.1 Å². The van der Waals surface area contributed by atoms with Crippen LogP contribution in [0.3, 0.4) is 0 Å². The van der Waals surface area contributed by atoms with Crippen LogP contribution >= 0.6 is 80.9 Å². The van der Waals surface area contributed by atoms with Gasteiger partial charge in [0.25, 0.3) is 0 Å². The lowest BCUT2D eigenvalue weighted by Crippen LogP contribution is -2.07. The van der Waals surface area contributed by atoms with Gasteiger partial charge in [-0.3, -0.25) is 9.97 Å². The van der Waals surface area contributed by atoms with E-state index in [0.717, 1.165) is 96.7 Å². The summed E-state index contributed by atoms with van der Waals surface area (Å²) >= 11 is 36.0. The molecule has 0 aliphatic rings. The monoisotopic (exact) mass is 2010 g/mol. The molecular formula is C98H66Cl6F12N20OS. The van der Waals surface area contributed by atoms with Crippen LogP contribution in [-0.4, -0.2) is 98.4 Å². The van der Waals surface area contributed by atoms with Crippen molar-refractivity contribution in [2.24, 2.45) is 21.1 Å². The first-order valence-electron chi connectivity index (χ1n) is 40.2. The third kappa shape index (κ3) is 24.7. The maximum Gasteiger partial charge on any atom is 0.417 e. The van der Waals surface area contributed by atoms with Crippen LogP contribution in [0.15, 0.2) is 302 Å². The fraction of sp³-hybridized carbons (Fsp3) is 0.0816. The van der Waals surface area contributed by atoms with Crippen molar-refractivity contribution in [1.82, 2.24) is 98.4 Å². The third-order valence-electron chi connectivity index (χ3n) is 19.6. The molecule has 1 N–H and O–H groups in total. The highest BCUT2D eigenvalue weighted by molar-refractivity contribution is 7.14. The second kappa shape index (κ2) is 43.5. The average molecular weight is 2010 g/mol. The van der Waals surface area contributed by atoms with E-state index in [1.54, 1.807) is 137 Å². The van der Waals surface area contributed by atoms with E-state index in [0.29, 0.717) is 65.2 Å². The number of halogens is 18. The van der Waals surface area contributed by atoms with Gasteiger partial charge in [-0.05, 0) is 140 Å². The Morgan fingerprint density at radius 3 is 1.26 bits per heavy atom. The molecule has 40 heteroatoms. The summed E-state index contributed by atoms with van der Waals surface area (Å²) in [6.07, 6.45) is -6.16. The number of imidazole rings is 4. The van der Waals surface area contributed by atoms with Crippen molar-refractivity contribution in [3.05, 3.63) is 368 Å². The lowest BCUT2D eigenvalue weighted by atomic mass is 10.1. The Hall–Kier alpha value is -14.8. The molecule has 0 aliphatic carbocycles. The number of aryl methyl sites for hydroxylation is 4. The summed E-state index contributed by atoms with van der Waals surface area (Å²) in [5.41, 5.74) is 7.30. The number of thiazole rings is 1. The molecule has 22 aromatic rings. The van der Waals surface area contributed by atoms with E-state index in [1.165, 1.54) is 81.6 Å². The van der Waals surface area contributed by atoms with Crippen LogP contribution in [0.4, 0.5) is 52.7 Å². The van der Waals surface area contributed by atoms with Gasteiger partial charge in [-0.25, -0.2) is 54.8 Å². The third-order valence-corrected chi connectivity index (χ3v) is 21.6. The maximum absolute atomic E-state index is 13.2. The first-order valence-corrected chi connectivity index (χ1v) is 43.4. The van der Waals surface area contributed by atoms with Crippen LogP contribution in [0.1, 0.15) is 29.8 Å². The summed E-state index contributed by atoms with van der Waals surface area (Å²) < 4.78 is 168. The molecule has 0 bridgehead atoms. The average Bonchev–Trinajstić information content (AvgIpc) is 1.45. The zero-order valence-corrected chi connectivity index (χ0v) is 76.3. The molecule has 0 unspecified atom stereocenters. The van der Waals surface area contributed by atoms with Crippen molar-refractivity contribution in [3.63, 3.8) is 0 Å². The van der Waals surface area contributed by atoms with E-state index >= 15 is 0 Å². The predicted octanol–water partition coefficient (Wildman–Crippen LogP) is 28.9. The number of rotatable bonds is 7. The van der Waals surface area contributed by atoms with Crippen molar-refractivity contribution < 1.29 is 57.1 Å². The first-order chi connectivity index (χ1) is 65.6. The van der Waals surface area contributed by atoms with Gasteiger partial charge in [0.15, 0.2) is 32.9 Å². The second-order valence-electron chi connectivity index (χ2n) is 29.2. The summed E-state index contributed by atoms with van der Waals surface area (Å²) in [5, 5.41) is 7.22. The highest BCUT2D eigenvalue weighted by Gasteiger charge is 2.36. The summed E-state index contributed by atoms with van der Waals surface area (Å²) in [4.78, 5) is 68.9. The highest BCUT2D eigenvalue weighted by atomic mass is 35.5. The SMILES string of the molecule is C.Cc1cccc(-c2cc(C(F)(F)F)c3ccccc3n2)n1.Clc1ccc2ccc3cc4ccccc4nc3c2n1.Clc1cccc(-c2nc(Cl)co2)n1.Clc1nc(-c2nc3ccccc3[nH]2)cs1.Cn1cc(Cl)nc1-c1ccccn1.Cn1cc(F)nc1-c1nc(F)cn1C.FC(F)(F)c1cc(-c2cccc(Cl)n2)nc2ccccc12.Fc1cccc(-c2cc(C(F)(F)F)c3ccccc3n2)n1. The lowest BCUT2D eigenvalue weighted by Gasteiger charge is -2.12. The highest BCUT2D eigenvalue weighted by Crippen LogP contribution is 2.41. The number of pyridine rings is 10. The fourth-order valence-electron chi connectivity index (χ4n) is 13.6. The number of nitrogens with zero attached hydrogens (tertiary/aromatic N) is 19. The Kier molecular flexibility index (Phi) is 31.3. The van der Waals surface area contributed by atoms with Crippen LogP contribution in [-0.2, 0) is 39.7 Å². The van der Waals surface area contributed by atoms with E-state index < -0.39 is 53.1 Å². The van der Waals surface area contributed by atoms with Crippen molar-refractivity contribution in [2.45, 2.75) is 32.9 Å². The van der Waals surface area contributed by atoms with Gasteiger partial charge in [-0.2, -0.15) is 67.6 Å². The molecule has 696 valence electrons. The smallest absolute Gasteiger partial charge is 0.417 e. The van der Waals surface area contributed by atoms with Crippen LogP contribution in [0.2, 0.25) is 30.2 Å². The standard InChI is InChI=1S/C16H9ClN2.C16H11F3N2.C15H8ClF3N2.C15H8F4N2.C10H6ClN3S.C9H8ClN3.C8H4Cl2N2O.C8H8F2N4.CH4/c17-14-8-7-10-5-6-12-9-11-3-1-2-4-13(11)18-16(12)15(10)19-14;1-10-5-4-8-14(20-10)15-9-12(16(17,18)19)11-6-2-3-7-13(11)21-15;2*16-14-7-3-6-12(21-14)13-8-10(15(17,18)19)9-4-1-2-5-11(9)20-13;11-10-14-8(5-15-10)9-12-6-3-1-2-4-7(6)13-9;1-13-6-8(10)12-9(13)7-4-2-3-5-11-7;9-6-3-1-2-5(11-6)8-12-7(10)4-13-8;1-13-3-5(9)11-7(13)8-12-6(10)4-14(8)2;/h1-9H;2-9H,1H3;2*1-8H;1-5H,(H,12,13);2-6H,1H3;1-4H;3-4H,1-2H3;1H4. The number of oxazole rings is 1. The van der Waals surface area contributed by atoms with E-state index in [4.69, 9.17) is 79.0 Å². The number of hydrogen-bond donors (Lipinski definition) is 1. The molecule has 0 amide bonds. The number of fused-ring (bicyclic) bond motifs is 8. The number of aromatic nitrogens is 20.